The predicted molar refractivity (Wildman–Crippen MR) is 123 cm³/mol. The molecule has 2 aliphatic rings. The van der Waals surface area contributed by atoms with E-state index in [9.17, 15) is 9.90 Å². The van der Waals surface area contributed by atoms with E-state index in [1.807, 2.05) is 13.8 Å². The number of anilines is 1. The zero-order chi connectivity index (χ0) is 22.2. The van der Waals surface area contributed by atoms with Gasteiger partial charge in [-0.05, 0) is 43.2 Å². The molecule has 1 aromatic heterocycles. The number of rotatable bonds is 5. The summed E-state index contributed by atoms with van der Waals surface area (Å²) in [6.07, 6.45) is 0.0840. The van der Waals surface area contributed by atoms with E-state index in [0.29, 0.717) is 30.8 Å². The number of fused-ring (bicyclic) bond motifs is 2. The first-order valence-corrected chi connectivity index (χ1v) is 11.2. The van der Waals surface area contributed by atoms with E-state index < -0.39 is 0 Å². The molecule has 0 saturated carbocycles. The lowest BCUT2D eigenvalue weighted by Crippen LogP contribution is -2.43. The second-order valence-corrected chi connectivity index (χ2v) is 8.80. The van der Waals surface area contributed by atoms with E-state index >= 15 is 0 Å². The van der Waals surface area contributed by atoms with E-state index in [2.05, 4.69) is 38.6 Å². The molecular weight excluding hydrogens is 406 g/mol. The molecular formula is C24H29N5O3. The minimum absolute atomic E-state index is 0.0530. The molecule has 3 N–H and O–H groups in total. The fourth-order valence-corrected chi connectivity index (χ4v) is 4.45. The van der Waals surface area contributed by atoms with Crippen LogP contribution in [0.3, 0.4) is 0 Å². The second kappa shape index (κ2) is 8.44. The number of H-pyrrole nitrogens is 1. The van der Waals surface area contributed by atoms with Crippen molar-refractivity contribution in [3.8, 4) is 5.75 Å². The Labute approximate surface area is 187 Å². The molecule has 5 rings (SSSR count). The summed E-state index contributed by atoms with van der Waals surface area (Å²) in [6, 6.07) is 9.75. The van der Waals surface area contributed by atoms with Crippen LogP contribution in [0.15, 0.2) is 30.3 Å². The van der Waals surface area contributed by atoms with Crippen LogP contribution >= 0.6 is 0 Å². The molecule has 0 aliphatic carbocycles. The summed E-state index contributed by atoms with van der Waals surface area (Å²) in [5, 5.41) is 21.9. The molecule has 8 heteroatoms. The van der Waals surface area contributed by atoms with Crippen molar-refractivity contribution in [1.82, 2.24) is 20.4 Å². The first kappa shape index (κ1) is 20.8. The lowest BCUT2D eigenvalue weighted by Gasteiger charge is -2.29. The van der Waals surface area contributed by atoms with E-state index in [0.717, 1.165) is 42.8 Å². The fraction of sp³-hybridized carbons (Fsp3) is 0.417. The van der Waals surface area contributed by atoms with Gasteiger partial charge in [0.1, 0.15) is 5.75 Å². The highest BCUT2D eigenvalue weighted by Gasteiger charge is 2.27. The second-order valence-electron chi connectivity index (χ2n) is 8.80. The molecule has 0 spiro atoms. The number of hydrogen-bond acceptors (Lipinski definition) is 6. The first-order chi connectivity index (χ1) is 15.5. The number of amides is 1. The number of carbonyl (C=O) groups is 1. The van der Waals surface area contributed by atoms with Gasteiger partial charge in [0.25, 0.3) is 5.91 Å². The molecule has 1 fully saturated rings. The summed E-state index contributed by atoms with van der Waals surface area (Å²) in [6.45, 7) is 9.35. The summed E-state index contributed by atoms with van der Waals surface area (Å²) >= 11 is 0. The third-order valence-electron chi connectivity index (χ3n) is 6.22. The number of hydrogen-bond donors (Lipinski definition) is 3. The molecule has 3 heterocycles. The normalized spacial score (nSPS) is 16.2. The molecule has 0 radical (unpaired) electrons. The highest BCUT2D eigenvalue weighted by molar-refractivity contribution is 6.01. The summed E-state index contributed by atoms with van der Waals surface area (Å²) in [5.74, 6) is -0.232. The number of aromatic hydroxyl groups is 1. The van der Waals surface area contributed by atoms with Gasteiger partial charge in [-0.1, -0.05) is 6.07 Å². The van der Waals surface area contributed by atoms with Crippen molar-refractivity contribution in [3.05, 3.63) is 52.7 Å². The van der Waals surface area contributed by atoms with Crippen molar-refractivity contribution in [2.45, 2.75) is 39.6 Å². The van der Waals surface area contributed by atoms with E-state index in [1.54, 1.807) is 17.0 Å². The Hall–Kier alpha value is -3.10. The van der Waals surface area contributed by atoms with Gasteiger partial charge in [-0.25, -0.2) is 0 Å². The predicted octanol–water partition coefficient (Wildman–Crippen LogP) is 2.76. The Balaban J connectivity index is 1.37. The number of piperazine rings is 1. The summed E-state index contributed by atoms with van der Waals surface area (Å²) in [5.41, 5.74) is 5.24. The maximum atomic E-state index is 13.4. The number of ether oxygens (including phenoxy) is 1. The maximum absolute atomic E-state index is 13.4. The monoisotopic (exact) mass is 435 g/mol. The molecule has 8 nitrogen and oxygen atoms in total. The Morgan fingerprint density at radius 1 is 1.16 bits per heavy atom. The van der Waals surface area contributed by atoms with Gasteiger partial charge in [0.2, 0.25) is 0 Å². The van der Waals surface area contributed by atoms with Gasteiger partial charge < -0.3 is 25.0 Å². The van der Waals surface area contributed by atoms with Crippen LogP contribution in [-0.2, 0) is 24.4 Å². The van der Waals surface area contributed by atoms with Gasteiger partial charge in [-0.2, -0.15) is 5.10 Å². The van der Waals surface area contributed by atoms with Gasteiger partial charge in [-0.15, -0.1) is 0 Å². The largest absolute Gasteiger partial charge is 0.507 e. The van der Waals surface area contributed by atoms with E-state index in [-0.39, 0.29) is 17.8 Å². The molecule has 3 aromatic rings. The summed E-state index contributed by atoms with van der Waals surface area (Å²) in [7, 11) is 0. The molecule has 2 aliphatic heterocycles. The number of nitrogens with zero attached hydrogens (tertiary/aromatic N) is 3. The SMILES string of the molecule is CC(C)OCc1[nH]nc2cc(O)c(C(=O)N3Cc4ccc(N5CCNCC5)cc4C3)cc12. The van der Waals surface area contributed by atoms with E-state index in [1.165, 1.54) is 11.3 Å². The molecule has 0 atom stereocenters. The topological polar surface area (TPSA) is 93.7 Å². The minimum atomic E-state index is -0.179. The van der Waals surface area contributed by atoms with Crippen molar-refractivity contribution in [2.24, 2.45) is 0 Å². The van der Waals surface area contributed by atoms with Crippen LogP contribution in [0, 0.1) is 0 Å². The number of benzene rings is 2. The standard InChI is InChI=1S/C24H29N5O3/c1-15(2)32-14-22-19-10-20(23(30)11-21(19)26-27-22)24(31)29-12-16-3-4-18(9-17(16)13-29)28-7-5-25-6-8-28/h3-4,9-11,15,25,30H,5-8,12-14H2,1-2H3,(H,26,27). The average molecular weight is 436 g/mol. The number of phenols is 1. The summed E-state index contributed by atoms with van der Waals surface area (Å²) in [4.78, 5) is 17.5. The Kier molecular flexibility index (Phi) is 5.48. The van der Waals surface area contributed by atoms with Gasteiger partial charge in [0.15, 0.2) is 0 Å². The lowest BCUT2D eigenvalue weighted by molar-refractivity contribution is 0.0642. The number of nitrogens with one attached hydrogen (secondary N) is 2. The zero-order valence-electron chi connectivity index (χ0n) is 18.5. The fourth-order valence-electron chi connectivity index (χ4n) is 4.45. The molecule has 0 unspecified atom stereocenters. The van der Waals surface area contributed by atoms with Gasteiger partial charge in [0, 0.05) is 56.4 Å². The van der Waals surface area contributed by atoms with Crippen molar-refractivity contribution < 1.29 is 14.6 Å². The molecule has 1 amide bonds. The van der Waals surface area contributed by atoms with E-state index in [4.69, 9.17) is 4.74 Å². The molecule has 32 heavy (non-hydrogen) atoms. The van der Waals surface area contributed by atoms with Gasteiger partial charge >= 0.3 is 0 Å². The van der Waals surface area contributed by atoms with Gasteiger partial charge in [0.05, 0.1) is 29.5 Å². The van der Waals surface area contributed by atoms with Crippen molar-refractivity contribution in [2.75, 3.05) is 31.1 Å². The third kappa shape index (κ3) is 3.91. The quantitative estimate of drug-likeness (QED) is 0.571. The Bertz CT molecular complexity index is 1150. The van der Waals surface area contributed by atoms with Crippen LogP contribution in [0.1, 0.15) is 41.0 Å². The smallest absolute Gasteiger partial charge is 0.258 e. The van der Waals surface area contributed by atoms with Crippen molar-refractivity contribution in [1.29, 1.82) is 0 Å². The highest BCUT2D eigenvalue weighted by Crippen LogP contribution is 2.32. The number of phenolic OH excluding ortho intramolecular Hbond substituents is 1. The number of aromatic amines is 1. The molecule has 0 bridgehead atoms. The average Bonchev–Trinajstić information content (AvgIpc) is 3.40. The van der Waals surface area contributed by atoms with Crippen LogP contribution in [0.2, 0.25) is 0 Å². The van der Waals surface area contributed by atoms with Crippen molar-refractivity contribution >= 4 is 22.5 Å². The van der Waals surface area contributed by atoms with Crippen LogP contribution in [-0.4, -0.2) is 58.4 Å². The lowest BCUT2D eigenvalue weighted by atomic mass is 10.1. The molecule has 168 valence electrons. The van der Waals surface area contributed by atoms with Gasteiger partial charge in [-0.3, -0.25) is 9.89 Å². The van der Waals surface area contributed by atoms with Crippen molar-refractivity contribution in [3.63, 3.8) is 0 Å². The Morgan fingerprint density at radius 2 is 1.94 bits per heavy atom. The zero-order valence-corrected chi connectivity index (χ0v) is 18.5. The first-order valence-electron chi connectivity index (χ1n) is 11.2. The third-order valence-corrected chi connectivity index (χ3v) is 6.22. The molecule has 2 aromatic carbocycles. The Morgan fingerprint density at radius 3 is 2.72 bits per heavy atom. The van der Waals surface area contributed by atoms with Crippen LogP contribution in [0.25, 0.3) is 10.9 Å². The number of carbonyl (C=O) groups excluding carboxylic acids is 1. The molecule has 1 saturated heterocycles. The summed E-state index contributed by atoms with van der Waals surface area (Å²) < 4.78 is 5.69. The van der Waals surface area contributed by atoms with Crippen LogP contribution in [0.4, 0.5) is 5.69 Å². The maximum Gasteiger partial charge on any atom is 0.258 e. The number of aromatic nitrogens is 2. The minimum Gasteiger partial charge on any atom is -0.507 e. The van der Waals surface area contributed by atoms with Crippen LogP contribution in [0.5, 0.6) is 5.75 Å². The highest BCUT2D eigenvalue weighted by atomic mass is 16.5. The van der Waals surface area contributed by atoms with Crippen LogP contribution < -0.4 is 10.2 Å².